The summed E-state index contributed by atoms with van der Waals surface area (Å²) in [6, 6.07) is -4.05. The van der Waals surface area contributed by atoms with E-state index in [0.29, 0.717) is 4.57 Å². The zero-order valence-corrected chi connectivity index (χ0v) is 17.8. The Morgan fingerprint density at radius 2 is 1.86 bits per heavy atom. The van der Waals surface area contributed by atoms with Crippen molar-refractivity contribution in [3.63, 3.8) is 0 Å². The lowest BCUT2D eigenvalue weighted by Gasteiger charge is -2.27. The minimum Gasteiger partial charge on any atom is -0.480 e. The molecule has 0 aromatic carbocycles. The van der Waals surface area contributed by atoms with Crippen LogP contribution in [-0.2, 0) is 25.7 Å². The zero-order chi connectivity index (χ0) is 26.6. The standard InChI is InChI=1S/C17H25N5O13/c18-6(8(25)5(24)3-34-16(19)32)13(29)20-7(15(30)31)11-9(26)10(27)14(35-11)22-1-4(2-23)12(28)21-17(22)33/h1,5-11,14,23-27H,2-3,18H2,(H2,19,32)(H,20,29)(H,30,31)(H,21,28,33)/t5?,6?,7-,8?,9-,10+,11+,14+/m0/s1. The highest BCUT2D eigenvalue weighted by atomic mass is 16.6. The highest BCUT2D eigenvalue weighted by Crippen LogP contribution is 2.30. The number of carbonyl (C=O) groups excluding carboxylic acids is 2. The number of rotatable bonds is 10. The fourth-order valence-electron chi connectivity index (χ4n) is 3.21. The number of carboxylic acid groups (broad SMARTS) is 1. The summed E-state index contributed by atoms with van der Waals surface area (Å²) in [5.41, 5.74) is 7.89. The van der Waals surface area contributed by atoms with Crippen molar-refractivity contribution in [2.24, 2.45) is 11.5 Å². The molecule has 35 heavy (non-hydrogen) atoms. The molecule has 8 atom stereocenters. The summed E-state index contributed by atoms with van der Waals surface area (Å²) in [5, 5.41) is 61.0. The maximum absolute atomic E-state index is 12.4. The van der Waals surface area contributed by atoms with Crippen molar-refractivity contribution < 1.29 is 54.5 Å². The number of aliphatic hydroxyl groups excluding tert-OH is 5. The molecular formula is C17H25N5O13. The Morgan fingerprint density at radius 3 is 2.40 bits per heavy atom. The van der Waals surface area contributed by atoms with E-state index in [1.54, 1.807) is 0 Å². The van der Waals surface area contributed by atoms with Gasteiger partial charge in [0.15, 0.2) is 12.3 Å². The van der Waals surface area contributed by atoms with E-state index in [-0.39, 0.29) is 5.56 Å². The fraction of sp³-hybridized carbons (Fsp3) is 0.588. The number of ether oxygens (including phenoxy) is 2. The summed E-state index contributed by atoms with van der Waals surface area (Å²) in [6.07, 6.45) is -11.9. The number of amides is 2. The molecule has 1 aliphatic rings. The molecule has 0 radical (unpaired) electrons. The van der Waals surface area contributed by atoms with E-state index in [0.717, 1.165) is 6.20 Å². The van der Waals surface area contributed by atoms with E-state index in [4.69, 9.17) is 16.2 Å². The minimum atomic E-state index is -2.09. The van der Waals surface area contributed by atoms with Gasteiger partial charge in [-0.1, -0.05) is 0 Å². The van der Waals surface area contributed by atoms with Gasteiger partial charge in [0.1, 0.15) is 43.2 Å². The Bertz CT molecular complexity index is 1060. The van der Waals surface area contributed by atoms with Gasteiger partial charge in [-0.15, -0.1) is 0 Å². The first-order valence-electron chi connectivity index (χ1n) is 9.84. The van der Waals surface area contributed by atoms with Crippen LogP contribution in [0.15, 0.2) is 15.8 Å². The summed E-state index contributed by atoms with van der Waals surface area (Å²) >= 11 is 0. The van der Waals surface area contributed by atoms with Crippen molar-refractivity contribution in [3.05, 3.63) is 32.6 Å². The second-order valence-corrected chi connectivity index (χ2v) is 7.49. The van der Waals surface area contributed by atoms with Crippen LogP contribution < -0.4 is 28.0 Å². The summed E-state index contributed by atoms with van der Waals surface area (Å²) in [6.45, 7) is -1.63. The van der Waals surface area contributed by atoms with Crippen LogP contribution in [0, 0.1) is 0 Å². The molecule has 0 aliphatic carbocycles. The predicted octanol–water partition coefficient (Wildman–Crippen LogP) is -6.64. The van der Waals surface area contributed by atoms with Gasteiger partial charge in [0, 0.05) is 6.20 Å². The van der Waals surface area contributed by atoms with E-state index in [1.165, 1.54) is 0 Å². The van der Waals surface area contributed by atoms with Gasteiger partial charge in [-0.3, -0.25) is 19.1 Å². The Kier molecular flexibility index (Phi) is 9.04. The maximum atomic E-state index is 12.4. The van der Waals surface area contributed by atoms with E-state index >= 15 is 0 Å². The number of aliphatic hydroxyl groups is 5. The number of H-pyrrole nitrogens is 1. The first-order valence-corrected chi connectivity index (χ1v) is 9.84. The number of primary amides is 1. The van der Waals surface area contributed by atoms with Gasteiger partial charge >= 0.3 is 17.8 Å². The lowest BCUT2D eigenvalue weighted by Crippen LogP contribution is -2.60. The van der Waals surface area contributed by atoms with Crippen molar-refractivity contribution in [2.75, 3.05) is 6.61 Å². The number of aliphatic carboxylic acids is 1. The molecule has 1 saturated heterocycles. The monoisotopic (exact) mass is 507 g/mol. The molecule has 18 heteroatoms. The molecule has 196 valence electrons. The molecule has 2 rings (SSSR count). The second-order valence-electron chi connectivity index (χ2n) is 7.49. The van der Waals surface area contributed by atoms with Crippen molar-refractivity contribution in [3.8, 4) is 0 Å². The summed E-state index contributed by atoms with van der Waals surface area (Å²) < 4.78 is 10.2. The number of aromatic amines is 1. The lowest BCUT2D eigenvalue weighted by molar-refractivity contribution is -0.150. The smallest absolute Gasteiger partial charge is 0.404 e. The molecular weight excluding hydrogens is 482 g/mol. The highest BCUT2D eigenvalue weighted by molar-refractivity contribution is 5.87. The van der Waals surface area contributed by atoms with Crippen molar-refractivity contribution in [1.29, 1.82) is 0 Å². The summed E-state index contributed by atoms with van der Waals surface area (Å²) in [4.78, 5) is 60.3. The molecule has 18 nitrogen and oxygen atoms in total. The highest BCUT2D eigenvalue weighted by Gasteiger charge is 2.50. The molecule has 0 bridgehead atoms. The van der Waals surface area contributed by atoms with Gasteiger partial charge in [0.05, 0.1) is 12.2 Å². The van der Waals surface area contributed by atoms with Crippen LogP contribution in [0.2, 0.25) is 0 Å². The van der Waals surface area contributed by atoms with E-state index in [2.05, 4.69) is 4.74 Å². The number of hydrogen-bond acceptors (Lipinski definition) is 13. The van der Waals surface area contributed by atoms with E-state index in [9.17, 15) is 54.6 Å². The largest absolute Gasteiger partial charge is 0.480 e. The van der Waals surface area contributed by atoms with Crippen LogP contribution in [0.4, 0.5) is 4.79 Å². The molecule has 1 aromatic rings. The Hall–Kier alpha value is -3.39. The Morgan fingerprint density at radius 1 is 1.23 bits per heavy atom. The second kappa shape index (κ2) is 11.4. The van der Waals surface area contributed by atoms with Crippen molar-refractivity contribution in [2.45, 2.75) is 55.4 Å². The van der Waals surface area contributed by atoms with Crippen LogP contribution in [0.1, 0.15) is 11.8 Å². The van der Waals surface area contributed by atoms with Crippen LogP contribution in [0.3, 0.4) is 0 Å². The minimum absolute atomic E-state index is 0.305. The van der Waals surface area contributed by atoms with Crippen LogP contribution in [-0.4, -0.2) is 107 Å². The summed E-state index contributed by atoms with van der Waals surface area (Å²) in [5.74, 6) is -3.13. The third kappa shape index (κ3) is 6.19. The first-order chi connectivity index (χ1) is 16.3. The molecule has 2 amide bonds. The normalized spacial score (nSPS) is 25.3. The molecule has 1 fully saturated rings. The van der Waals surface area contributed by atoms with Gasteiger partial charge in [-0.25, -0.2) is 14.4 Å². The van der Waals surface area contributed by atoms with Gasteiger partial charge in [0.25, 0.3) is 5.56 Å². The number of nitrogens with zero attached hydrogens (tertiary/aromatic N) is 1. The number of aromatic nitrogens is 2. The van der Waals surface area contributed by atoms with Crippen LogP contribution in [0.25, 0.3) is 0 Å². The van der Waals surface area contributed by atoms with Gasteiger partial charge in [0.2, 0.25) is 5.91 Å². The topological polar surface area (TPSA) is 310 Å². The fourth-order valence-corrected chi connectivity index (χ4v) is 3.21. The molecule has 0 saturated carbocycles. The quantitative estimate of drug-likeness (QED) is 0.141. The van der Waals surface area contributed by atoms with Crippen LogP contribution >= 0.6 is 0 Å². The molecule has 12 N–H and O–H groups in total. The molecule has 1 aliphatic heterocycles. The third-order valence-electron chi connectivity index (χ3n) is 5.11. The van der Waals surface area contributed by atoms with E-state index < -0.39 is 91.3 Å². The molecule has 1 aromatic heterocycles. The third-order valence-corrected chi connectivity index (χ3v) is 5.11. The average Bonchev–Trinajstić information content (AvgIpc) is 3.08. The lowest BCUT2D eigenvalue weighted by atomic mass is 10.0. The Labute approximate surface area is 194 Å². The number of nitrogens with one attached hydrogen (secondary N) is 2. The number of carbonyl (C=O) groups is 3. The molecule has 0 spiro atoms. The first kappa shape index (κ1) is 27.9. The van der Waals surface area contributed by atoms with Crippen molar-refractivity contribution >= 4 is 18.0 Å². The van der Waals surface area contributed by atoms with Crippen molar-refractivity contribution in [1.82, 2.24) is 14.9 Å². The number of nitrogens with two attached hydrogens (primary N) is 2. The maximum Gasteiger partial charge on any atom is 0.404 e. The zero-order valence-electron chi connectivity index (χ0n) is 17.8. The summed E-state index contributed by atoms with van der Waals surface area (Å²) in [7, 11) is 0. The van der Waals surface area contributed by atoms with Gasteiger partial charge < -0.3 is 56.9 Å². The SMILES string of the molecule is NC(=O)OCC(O)C(O)C(N)C(=O)N[C@H](C(=O)O)[C@H]1O[C@@H](n2cc(CO)c(=O)[nH]c2=O)[C@H](O)[C@@H]1O. The number of carboxylic acids is 1. The number of hydrogen-bond donors (Lipinski definition) is 10. The van der Waals surface area contributed by atoms with Gasteiger partial charge in [-0.05, 0) is 0 Å². The Balaban J connectivity index is 2.22. The van der Waals surface area contributed by atoms with Crippen LogP contribution in [0.5, 0.6) is 0 Å². The van der Waals surface area contributed by atoms with E-state index in [1.807, 2.05) is 10.3 Å². The van der Waals surface area contributed by atoms with Gasteiger partial charge in [-0.2, -0.15) is 0 Å². The average molecular weight is 507 g/mol. The molecule has 3 unspecified atom stereocenters. The predicted molar refractivity (Wildman–Crippen MR) is 108 cm³/mol. The molecule has 2 heterocycles.